The molecule has 0 amide bonds. The molecule has 1 aliphatic carbocycles. The van der Waals surface area contributed by atoms with Crippen LogP contribution in [0.15, 0.2) is 18.2 Å². The van der Waals surface area contributed by atoms with E-state index in [2.05, 4.69) is 51.2 Å². The zero-order chi connectivity index (χ0) is 14.4. The number of fused-ring (bicyclic) bond motifs is 1. The monoisotopic (exact) mass is 271 g/mol. The van der Waals surface area contributed by atoms with Crippen LogP contribution in [-0.2, 0) is 5.41 Å². The Bertz CT molecular complexity index is 489. The molecule has 0 bridgehead atoms. The zero-order valence-electron chi connectivity index (χ0n) is 13.6. The molecular weight excluding hydrogens is 242 g/mol. The molecule has 1 aromatic carbocycles. The first-order valence-electron chi connectivity index (χ1n) is 8.28. The Morgan fingerprint density at radius 3 is 2.45 bits per heavy atom. The van der Waals surface area contributed by atoms with Crippen molar-refractivity contribution in [3.8, 4) is 0 Å². The van der Waals surface area contributed by atoms with Gasteiger partial charge in [0.2, 0.25) is 0 Å². The van der Waals surface area contributed by atoms with Gasteiger partial charge in [0.15, 0.2) is 0 Å². The van der Waals surface area contributed by atoms with Crippen LogP contribution >= 0.6 is 0 Å². The van der Waals surface area contributed by atoms with Crippen LogP contribution in [0.4, 0.5) is 5.69 Å². The first-order chi connectivity index (χ1) is 9.40. The van der Waals surface area contributed by atoms with Gasteiger partial charge in [-0.15, -0.1) is 0 Å². The third-order valence-corrected chi connectivity index (χ3v) is 5.63. The predicted octanol–water partition coefficient (Wildman–Crippen LogP) is 5.46. The van der Waals surface area contributed by atoms with Crippen molar-refractivity contribution in [3.63, 3.8) is 0 Å². The van der Waals surface area contributed by atoms with Crippen LogP contribution in [0.5, 0.6) is 0 Å². The molecular formula is C19H29N. The van der Waals surface area contributed by atoms with E-state index in [4.69, 9.17) is 0 Å². The summed E-state index contributed by atoms with van der Waals surface area (Å²) in [6.07, 6.45) is 7.07. The number of hydrogen-bond acceptors (Lipinski definition) is 1. The maximum atomic E-state index is 3.65. The van der Waals surface area contributed by atoms with Gasteiger partial charge in [-0.2, -0.15) is 0 Å². The maximum Gasteiger partial charge on any atom is 0.0376 e. The molecule has 1 fully saturated rings. The molecule has 1 heteroatoms. The van der Waals surface area contributed by atoms with Gasteiger partial charge in [0, 0.05) is 18.2 Å². The predicted molar refractivity (Wildman–Crippen MR) is 87.6 cm³/mol. The summed E-state index contributed by atoms with van der Waals surface area (Å²) >= 11 is 0. The Morgan fingerprint density at radius 2 is 1.80 bits per heavy atom. The number of benzene rings is 1. The number of anilines is 1. The van der Waals surface area contributed by atoms with Gasteiger partial charge in [-0.1, -0.05) is 59.1 Å². The highest BCUT2D eigenvalue weighted by Crippen LogP contribution is 2.51. The molecule has 3 rings (SSSR count). The Morgan fingerprint density at radius 1 is 1.10 bits per heavy atom. The van der Waals surface area contributed by atoms with Crippen LogP contribution < -0.4 is 5.32 Å². The van der Waals surface area contributed by atoms with E-state index < -0.39 is 0 Å². The lowest BCUT2D eigenvalue weighted by Crippen LogP contribution is -2.29. The molecule has 1 unspecified atom stereocenters. The fourth-order valence-electron chi connectivity index (χ4n) is 4.13. The highest BCUT2D eigenvalue weighted by atomic mass is 14.9. The minimum atomic E-state index is 0.246. The smallest absolute Gasteiger partial charge is 0.0376 e. The fourth-order valence-corrected chi connectivity index (χ4v) is 4.13. The summed E-state index contributed by atoms with van der Waals surface area (Å²) < 4.78 is 0. The standard InChI is InChI=1S/C19H29N/c1-18(2,3)14-8-9-17-15(12-14)16(13-20-17)19(4)10-6-5-7-11-19/h8-9,12,16,20H,5-7,10-11,13H2,1-4H3. The molecule has 0 radical (unpaired) electrons. The summed E-state index contributed by atoms with van der Waals surface area (Å²) in [6.45, 7) is 10.6. The molecule has 0 spiro atoms. The molecule has 110 valence electrons. The van der Waals surface area contributed by atoms with Crippen molar-refractivity contribution in [2.45, 2.75) is 71.1 Å². The molecule has 1 aromatic rings. The van der Waals surface area contributed by atoms with Gasteiger partial charge in [0.05, 0.1) is 0 Å². The Kier molecular flexibility index (Phi) is 3.35. The van der Waals surface area contributed by atoms with Crippen molar-refractivity contribution in [2.75, 3.05) is 11.9 Å². The first kappa shape index (κ1) is 14.0. The number of rotatable bonds is 1. The van der Waals surface area contributed by atoms with Crippen LogP contribution in [0, 0.1) is 5.41 Å². The van der Waals surface area contributed by atoms with E-state index in [0.29, 0.717) is 11.3 Å². The van der Waals surface area contributed by atoms with Crippen molar-refractivity contribution in [1.82, 2.24) is 0 Å². The molecule has 1 aliphatic heterocycles. The van der Waals surface area contributed by atoms with E-state index in [1.807, 2.05) is 0 Å². The minimum absolute atomic E-state index is 0.246. The first-order valence-corrected chi connectivity index (χ1v) is 8.28. The van der Waals surface area contributed by atoms with Gasteiger partial charge in [-0.3, -0.25) is 0 Å². The van der Waals surface area contributed by atoms with Crippen molar-refractivity contribution in [2.24, 2.45) is 5.41 Å². The third-order valence-electron chi connectivity index (χ3n) is 5.63. The third kappa shape index (κ3) is 2.36. The van der Waals surface area contributed by atoms with Crippen LogP contribution in [0.2, 0.25) is 0 Å². The molecule has 1 heterocycles. The second-order valence-corrected chi connectivity index (χ2v) is 8.20. The lowest BCUT2D eigenvalue weighted by Gasteiger charge is -2.39. The second-order valence-electron chi connectivity index (χ2n) is 8.20. The molecule has 1 nitrogen and oxygen atoms in total. The van der Waals surface area contributed by atoms with Gasteiger partial charge in [-0.05, 0) is 40.9 Å². The fraction of sp³-hybridized carbons (Fsp3) is 0.684. The van der Waals surface area contributed by atoms with Gasteiger partial charge in [-0.25, -0.2) is 0 Å². The molecule has 1 atom stereocenters. The van der Waals surface area contributed by atoms with E-state index in [1.54, 1.807) is 5.56 Å². The topological polar surface area (TPSA) is 12.0 Å². The SMILES string of the molecule is CC(C)(C)c1ccc2c(c1)C(C1(C)CCCCC1)CN2. The maximum absolute atomic E-state index is 3.65. The van der Waals surface area contributed by atoms with Crippen LogP contribution in [0.1, 0.15) is 76.8 Å². The van der Waals surface area contributed by atoms with E-state index >= 15 is 0 Å². The Balaban J connectivity index is 1.96. The molecule has 0 aromatic heterocycles. The van der Waals surface area contributed by atoms with Crippen molar-refractivity contribution in [3.05, 3.63) is 29.3 Å². The van der Waals surface area contributed by atoms with Gasteiger partial charge < -0.3 is 5.32 Å². The van der Waals surface area contributed by atoms with Gasteiger partial charge >= 0.3 is 0 Å². The minimum Gasteiger partial charge on any atom is -0.384 e. The lowest BCUT2D eigenvalue weighted by atomic mass is 9.65. The summed E-state index contributed by atoms with van der Waals surface area (Å²) in [6, 6.07) is 7.10. The molecule has 1 saturated carbocycles. The van der Waals surface area contributed by atoms with Crippen molar-refractivity contribution in [1.29, 1.82) is 0 Å². The summed E-state index contributed by atoms with van der Waals surface area (Å²) in [4.78, 5) is 0. The van der Waals surface area contributed by atoms with Gasteiger partial charge in [0.1, 0.15) is 0 Å². The largest absolute Gasteiger partial charge is 0.384 e. The van der Waals surface area contributed by atoms with Crippen molar-refractivity contribution >= 4 is 5.69 Å². The number of hydrogen-bond donors (Lipinski definition) is 1. The van der Waals surface area contributed by atoms with E-state index in [0.717, 1.165) is 6.54 Å². The van der Waals surface area contributed by atoms with E-state index in [1.165, 1.54) is 43.4 Å². The summed E-state index contributed by atoms with van der Waals surface area (Å²) in [5.74, 6) is 0.708. The molecule has 20 heavy (non-hydrogen) atoms. The second kappa shape index (κ2) is 4.79. The number of nitrogens with one attached hydrogen (secondary N) is 1. The average Bonchev–Trinajstić information content (AvgIpc) is 2.82. The molecule has 2 aliphatic rings. The lowest BCUT2D eigenvalue weighted by molar-refractivity contribution is 0.177. The van der Waals surface area contributed by atoms with Crippen LogP contribution in [0.25, 0.3) is 0 Å². The summed E-state index contributed by atoms with van der Waals surface area (Å²) in [5, 5.41) is 3.65. The molecule has 1 N–H and O–H groups in total. The normalized spacial score (nSPS) is 25.1. The summed E-state index contributed by atoms with van der Waals surface area (Å²) in [7, 11) is 0. The Labute approximate surface area is 124 Å². The van der Waals surface area contributed by atoms with Crippen LogP contribution in [0.3, 0.4) is 0 Å². The van der Waals surface area contributed by atoms with E-state index in [-0.39, 0.29) is 5.41 Å². The molecule has 0 saturated heterocycles. The zero-order valence-corrected chi connectivity index (χ0v) is 13.6. The summed E-state index contributed by atoms with van der Waals surface area (Å²) in [5.41, 5.74) is 5.20. The highest BCUT2D eigenvalue weighted by molar-refractivity contribution is 5.60. The quantitative estimate of drug-likeness (QED) is 0.714. The highest BCUT2D eigenvalue weighted by Gasteiger charge is 2.40. The van der Waals surface area contributed by atoms with Crippen molar-refractivity contribution < 1.29 is 0 Å². The van der Waals surface area contributed by atoms with E-state index in [9.17, 15) is 0 Å². The van der Waals surface area contributed by atoms with Gasteiger partial charge in [0.25, 0.3) is 0 Å². The average molecular weight is 271 g/mol. The van der Waals surface area contributed by atoms with Crippen LogP contribution in [-0.4, -0.2) is 6.54 Å². The Hall–Kier alpha value is -0.980.